The van der Waals surface area contributed by atoms with Gasteiger partial charge in [0, 0.05) is 16.1 Å². The number of benzene rings is 1. The average molecular weight is 517 g/mol. The highest BCUT2D eigenvalue weighted by atomic mass is 79.9. The van der Waals surface area contributed by atoms with Crippen molar-refractivity contribution in [3.05, 3.63) is 78.4 Å². The molecule has 5 rings (SSSR count). The van der Waals surface area contributed by atoms with Crippen LogP contribution in [0.3, 0.4) is 0 Å². The molecule has 31 heavy (non-hydrogen) atoms. The van der Waals surface area contributed by atoms with Crippen LogP contribution in [0.25, 0.3) is 16.5 Å². The monoisotopic (exact) mass is 515 g/mol. The number of amides is 1. The first-order valence-electron chi connectivity index (χ1n) is 9.52. The van der Waals surface area contributed by atoms with Gasteiger partial charge in [-0.05, 0) is 48.9 Å². The third-order valence-corrected chi connectivity index (χ3v) is 6.74. The molecule has 1 aliphatic rings. The number of thiophene rings is 1. The van der Waals surface area contributed by atoms with Gasteiger partial charge in [0.05, 0.1) is 21.2 Å². The normalized spacial score (nSPS) is 12.7. The highest BCUT2D eigenvalue weighted by Crippen LogP contribution is 2.29. The molecule has 156 valence electrons. The van der Waals surface area contributed by atoms with Crippen molar-refractivity contribution in [1.82, 2.24) is 19.7 Å². The van der Waals surface area contributed by atoms with Gasteiger partial charge in [-0.15, -0.1) is 11.3 Å². The number of nitrogens with one attached hydrogen (secondary N) is 2. The molecule has 7 nitrogen and oxygen atoms in total. The molecule has 0 radical (unpaired) electrons. The van der Waals surface area contributed by atoms with Crippen LogP contribution >= 0.6 is 38.9 Å². The number of carbonyl (C=O) groups is 1. The molecule has 4 aromatic rings. The number of halogens is 2. The highest BCUT2D eigenvalue weighted by molar-refractivity contribution is 9.10. The van der Waals surface area contributed by atoms with Crippen LogP contribution in [0, 0.1) is 0 Å². The zero-order chi connectivity index (χ0) is 21.5. The van der Waals surface area contributed by atoms with Gasteiger partial charge in [0.25, 0.3) is 11.5 Å². The minimum absolute atomic E-state index is 0.169. The van der Waals surface area contributed by atoms with Crippen molar-refractivity contribution in [3.8, 4) is 16.5 Å². The summed E-state index contributed by atoms with van der Waals surface area (Å²) in [6.45, 7) is 0. The maximum absolute atomic E-state index is 13.0. The lowest BCUT2D eigenvalue weighted by Gasteiger charge is -2.10. The van der Waals surface area contributed by atoms with E-state index in [1.54, 1.807) is 24.3 Å². The van der Waals surface area contributed by atoms with Crippen LogP contribution < -0.4 is 10.9 Å². The molecule has 0 unspecified atom stereocenters. The minimum Gasteiger partial charge on any atom is -0.306 e. The van der Waals surface area contributed by atoms with E-state index in [2.05, 4.69) is 36.3 Å². The Balaban J connectivity index is 1.60. The second kappa shape index (κ2) is 8.07. The fraction of sp³-hybridized carbons (Fsp3) is 0.143. The van der Waals surface area contributed by atoms with Crippen LogP contribution in [-0.2, 0) is 12.8 Å². The maximum Gasteiger partial charge on any atom is 0.258 e. The number of carbonyl (C=O) groups excluding carboxylic acids is 1. The molecule has 3 aromatic heterocycles. The molecular weight excluding hydrogens is 502 g/mol. The molecule has 0 saturated carbocycles. The quantitative estimate of drug-likeness (QED) is 0.406. The van der Waals surface area contributed by atoms with Gasteiger partial charge in [-0.25, -0.2) is 4.98 Å². The fourth-order valence-corrected chi connectivity index (χ4v) is 4.81. The van der Waals surface area contributed by atoms with Gasteiger partial charge in [-0.2, -0.15) is 9.78 Å². The zero-order valence-corrected chi connectivity index (χ0v) is 19.1. The number of hydrogen-bond acceptors (Lipinski definition) is 5. The topological polar surface area (TPSA) is 92.7 Å². The number of rotatable bonds is 4. The molecule has 1 aromatic carbocycles. The Morgan fingerprint density at radius 3 is 2.94 bits per heavy atom. The molecule has 0 bridgehead atoms. The summed E-state index contributed by atoms with van der Waals surface area (Å²) < 4.78 is 2.19. The van der Waals surface area contributed by atoms with Crippen molar-refractivity contribution in [2.45, 2.75) is 19.3 Å². The van der Waals surface area contributed by atoms with Crippen LogP contribution in [0.15, 0.2) is 51.0 Å². The first kappa shape index (κ1) is 20.2. The van der Waals surface area contributed by atoms with Crippen molar-refractivity contribution in [2.75, 3.05) is 5.32 Å². The molecule has 1 aliphatic carbocycles. The van der Waals surface area contributed by atoms with E-state index in [0.29, 0.717) is 22.1 Å². The van der Waals surface area contributed by atoms with E-state index in [4.69, 9.17) is 11.6 Å². The van der Waals surface area contributed by atoms with Gasteiger partial charge in [-0.1, -0.05) is 33.6 Å². The van der Waals surface area contributed by atoms with Gasteiger partial charge in [0.15, 0.2) is 0 Å². The van der Waals surface area contributed by atoms with Crippen molar-refractivity contribution >= 4 is 50.6 Å². The van der Waals surface area contributed by atoms with Gasteiger partial charge in [-0.3, -0.25) is 14.6 Å². The molecule has 10 heteroatoms. The number of anilines is 1. The Hall–Kier alpha value is -2.75. The Morgan fingerprint density at radius 2 is 2.13 bits per heavy atom. The predicted molar refractivity (Wildman–Crippen MR) is 124 cm³/mol. The molecule has 3 heterocycles. The Labute approximate surface area is 194 Å². The standard InChI is InChI=1S/C21H15BrClN5O2S/c22-11-6-7-14(23)13(9-11)20(30)25-18-10-16(17-5-2-8-31-17)27-28(18)21-24-15-4-1-3-12(15)19(29)26-21/h2,5-10H,1,3-4H2,(H,25,30)(H,24,26,29). The number of aromatic amines is 1. The van der Waals surface area contributed by atoms with Crippen molar-refractivity contribution in [3.63, 3.8) is 0 Å². The second-order valence-electron chi connectivity index (χ2n) is 7.05. The summed E-state index contributed by atoms with van der Waals surface area (Å²) in [4.78, 5) is 33.9. The predicted octanol–water partition coefficient (Wildman–Crippen LogP) is 4.84. The van der Waals surface area contributed by atoms with E-state index in [0.717, 1.165) is 39.9 Å². The number of fused-ring (bicyclic) bond motifs is 1. The van der Waals surface area contributed by atoms with Crippen molar-refractivity contribution in [1.29, 1.82) is 0 Å². The largest absolute Gasteiger partial charge is 0.306 e. The Bertz CT molecular complexity index is 1360. The van der Waals surface area contributed by atoms with E-state index < -0.39 is 5.91 Å². The molecule has 0 atom stereocenters. The lowest BCUT2D eigenvalue weighted by atomic mass is 10.2. The van der Waals surface area contributed by atoms with Gasteiger partial charge < -0.3 is 5.32 Å². The summed E-state index contributed by atoms with van der Waals surface area (Å²) in [5.41, 5.74) is 2.31. The summed E-state index contributed by atoms with van der Waals surface area (Å²) in [5.74, 6) is 0.253. The molecule has 0 fully saturated rings. The van der Waals surface area contributed by atoms with Crippen LogP contribution in [-0.4, -0.2) is 25.7 Å². The van der Waals surface area contributed by atoms with Crippen LogP contribution in [0.2, 0.25) is 5.02 Å². The number of hydrogen-bond donors (Lipinski definition) is 2. The lowest BCUT2D eigenvalue weighted by Crippen LogP contribution is -2.21. The summed E-state index contributed by atoms with van der Waals surface area (Å²) in [6, 6.07) is 10.7. The van der Waals surface area contributed by atoms with E-state index in [1.807, 2.05) is 17.5 Å². The average Bonchev–Trinajstić information content (AvgIpc) is 3.49. The van der Waals surface area contributed by atoms with Crippen LogP contribution in [0.5, 0.6) is 0 Å². The fourth-order valence-electron chi connectivity index (χ4n) is 3.56. The third-order valence-electron chi connectivity index (χ3n) is 5.03. The molecule has 2 N–H and O–H groups in total. The smallest absolute Gasteiger partial charge is 0.258 e. The molecule has 0 aliphatic heterocycles. The molecule has 0 saturated heterocycles. The van der Waals surface area contributed by atoms with Crippen LogP contribution in [0.1, 0.15) is 28.0 Å². The van der Waals surface area contributed by atoms with E-state index in [1.165, 1.54) is 16.0 Å². The number of aromatic nitrogens is 4. The number of nitrogens with zero attached hydrogens (tertiary/aromatic N) is 3. The van der Waals surface area contributed by atoms with Crippen molar-refractivity contribution in [2.24, 2.45) is 0 Å². The molecule has 1 amide bonds. The van der Waals surface area contributed by atoms with Gasteiger partial charge >= 0.3 is 0 Å². The Morgan fingerprint density at radius 1 is 1.26 bits per heavy atom. The summed E-state index contributed by atoms with van der Waals surface area (Å²) >= 11 is 11.1. The Kier molecular flexibility index (Phi) is 5.25. The maximum atomic E-state index is 13.0. The van der Waals surface area contributed by atoms with Crippen molar-refractivity contribution < 1.29 is 4.79 Å². The highest BCUT2D eigenvalue weighted by Gasteiger charge is 2.22. The minimum atomic E-state index is -0.395. The molecule has 0 spiro atoms. The summed E-state index contributed by atoms with van der Waals surface area (Å²) in [5, 5.41) is 9.75. The molecular formula is C21H15BrClN5O2S. The SMILES string of the molecule is O=C(Nc1cc(-c2cccs2)nn1-c1nc2c(c(=O)[nH]1)CCC2)c1cc(Br)ccc1Cl. The lowest BCUT2D eigenvalue weighted by molar-refractivity contribution is 0.102. The second-order valence-corrected chi connectivity index (χ2v) is 9.32. The van der Waals surface area contributed by atoms with Gasteiger partial charge in [0.1, 0.15) is 11.5 Å². The number of H-pyrrole nitrogens is 1. The van der Waals surface area contributed by atoms with E-state index >= 15 is 0 Å². The van der Waals surface area contributed by atoms with E-state index in [-0.39, 0.29) is 11.5 Å². The summed E-state index contributed by atoms with van der Waals surface area (Å²) in [7, 11) is 0. The van der Waals surface area contributed by atoms with E-state index in [9.17, 15) is 9.59 Å². The first-order chi connectivity index (χ1) is 15.0. The summed E-state index contributed by atoms with van der Waals surface area (Å²) in [6.07, 6.45) is 2.38. The number of aryl methyl sites for hydroxylation is 1. The third kappa shape index (κ3) is 3.84. The van der Waals surface area contributed by atoms with Gasteiger partial charge in [0.2, 0.25) is 5.95 Å². The first-order valence-corrected chi connectivity index (χ1v) is 11.6. The van der Waals surface area contributed by atoms with Crippen LogP contribution in [0.4, 0.5) is 5.82 Å². The zero-order valence-electron chi connectivity index (χ0n) is 16.0.